The Balaban J connectivity index is 1.72. The Bertz CT molecular complexity index is 626. The summed E-state index contributed by atoms with van der Waals surface area (Å²) in [4.78, 5) is 2.19. The lowest BCUT2D eigenvalue weighted by atomic mass is 10.0. The van der Waals surface area contributed by atoms with Gasteiger partial charge in [0.2, 0.25) is 0 Å². The quantitative estimate of drug-likeness (QED) is 0.914. The molecule has 0 saturated carbocycles. The molecule has 6 nitrogen and oxygen atoms in total. The van der Waals surface area contributed by atoms with E-state index in [1.807, 2.05) is 25.1 Å². The van der Waals surface area contributed by atoms with E-state index in [2.05, 4.69) is 19.7 Å². The number of β-amino-alcohol motifs (C(OH)–C–C–N with tert-alkyl or cyclic N) is 1. The fraction of sp³-hybridized carbons (Fsp3) is 0.467. The fourth-order valence-electron chi connectivity index (χ4n) is 2.73. The number of aliphatic hydroxyl groups is 1. The van der Waals surface area contributed by atoms with Gasteiger partial charge in [-0.1, -0.05) is 11.6 Å². The highest BCUT2D eigenvalue weighted by Crippen LogP contribution is 2.27. The van der Waals surface area contributed by atoms with Gasteiger partial charge in [-0.15, -0.1) is 10.2 Å². The van der Waals surface area contributed by atoms with Gasteiger partial charge < -0.3 is 14.4 Å². The van der Waals surface area contributed by atoms with Crippen LogP contribution in [0, 0.1) is 6.92 Å². The van der Waals surface area contributed by atoms with Crippen molar-refractivity contribution in [2.45, 2.75) is 26.1 Å². The number of methoxy groups -OCH3 is 1. The van der Waals surface area contributed by atoms with E-state index in [0.717, 1.165) is 35.8 Å². The van der Waals surface area contributed by atoms with E-state index in [-0.39, 0.29) is 0 Å². The molecular weight excluding hydrogens is 268 g/mol. The third-order valence-electron chi connectivity index (χ3n) is 3.89. The molecule has 0 radical (unpaired) electrons. The summed E-state index contributed by atoms with van der Waals surface area (Å²) in [6.07, 6.45) is 1.18. The van der Waals surface area contributed by atoms with Crippen LogP contribution in [0.4, 0.5) is 0 Å². The maximum Gasteiger partial charge on any atom is 0.147 e. The van der Waals surface area contributed by atoms with Gasteiger partial charge in [-0.3, -0.25) is 4.90 Å². The Morgan fingerprint density at radius 2 is 2.24 bits per heavy atom. The minimum absolute atomic E-state index is 0.562. The first-order chi connectivity index (χ1) is 10.2. The molecule has 2 heterocycles. The van der Waals surface area contributed by atoms with Crippen molar-refractivity contribution in [3.8, 4) is 5.75 Å². The van der Waals surface area contributed by atoms with Crippen molar-refractivity contribution in [3.63, 3.8) is 0 Å². The van der Waals surface area contributed by atoms with Crippen molar-refractivity contribution < 1.29 is 9.84 Å². The number of benzene rings is 1. The van der Waals surface area contributed by atoms with Gasteiger partial charge >= 0.3 is 0 Å². The molecule has 112 valence electrons. The van der Waals surface area contributed by atoms with Crippen LogP contribution in [0.25, 0.3) is 0 Å². The van der Waals surface area contributed by atoms with Crippen LogP contribution in [-0.4, -0.2) is 45.0 Å². The van der Waals surface area contributed by atoms with Crippen LogP contribution in [0.2, 0.25) is 0 Å². The Labute approximate surface area is 124 Å². The van der Waals surface area contributed by atoms with Gasteiger partial charge in [0.25, 0.3) is 0 Å². The molecule has 0 saturated heterocycles. The molecule has 6 heteroatoms. The van der Waals surface area contributed by atoms with E-state index in [0.29, 0.717) is 13.1 Å². The predicted octanol–water partition coefficient (Wildman–Crippen LogP) is 1.14. The van der Waals surface area contributed by atoms with Gasteiger partial charge in [0, 0.05) is 25.2 Å². The van der Waals surface area contributed by atoms with E-state index in [1.54, 1.807) is 13.4 Å². The monoisotopic (exact) mass is 288 g/mol. The molecule has 1 aromatic carbocycles. The van der Waals surface area contributed by atoms with Gasteiger partial charge in [-0.2, -0.15) is 0 Å². The second-order valence-corrected chi connectivity index (χ2v) is 5.44. The first kappa shape index (κ1) is 14.0. The molecule has 0 amide bonds. The van der Waals surface area contributed by atoms with Crippen LogP contribution >= 0.6 is 0 Å². The summed E-state index contributed by atoms with van der Waals surface area (Å²) in [7, 11) is 1.63. The molecule has 2 aromatic rings. The van der Waals surface area contributed by atoms with Crippen molar-refractivity contribution in [2.75, 3.05) is 20.2 Å². The lowest BCUT2D eigenvalue weighted by Crippen LogP contribution is -2.36. The molecular formula is C15H20N4O2. The fourth-order valence-corrected chi connectivity index (χ4v) is 2.73. The number of nitrogens with zero attached hydrogens (tertiary/aromatic N) is 4. The number of hydrogen-bond donors (Lipinski definition) is 1. The molecule has 1 atom stereocenters. The summed E-state index contributed by atoms with van der Waals surface area (Å²) in [6.45, 7) is 5.03. The normalized spacial score (nSPS) is 16.5. The summed E-state index contributed by atoms with van der Waals surface area (Å²) in [5.74, 6) is 1.68. The Kier molecular flexibility index (Phi) is 3.90. The van der Waals surface area contributed by atoms with Gasteiger partial charge in [0.05, 0.1) is 19.8 Å². The number of aliphatic hydroxyl groups excluding tert-OH is 1. The van der Waals surface area contributed by atoms with Crippen molar-refractivity contribution in [1.82, 2.24) is 19.7 Å². The number of rotatable bonds is 4. The molecule has 1 unspecified atom stereocenters. The Morgan fingerprint density at radius 1 is 1.38 bits per heavy atom. The van der Waals surface area contributed by atoms with E-state index in [1.165, 1.54) is 0 Å². The average molecular weight is 288 g/mol. The van der Waals surface area contributed by atoms with Gasteiger partial charge in [0.15, 0.2) is 0 Å². The van der Waals surface area contributed by atoms with E-state index in [4.69, 9.17) is 4.74 Å². The highest BCUT2D eigenvalue weighted by Gasteiger charge is 2.22. The standard InChI is InChI=1S/C15H20N4O2/c1-11-3-4-14(21-2)12(7-11)13(20)8-18-5-6-19-10-16-17-15(19)9-18/h3-4,7,10,13,20H,5-6,8-9H2,1-2H3. The molecule has 0 fully saturated rings. The maximum absolute atomic E-state index is 10.5. The van der Waals surface area contributed by atoms with Crippen molar-refractivity contribution in [2.24, 2.45) is 0 Å². The molecule has 0 aliphatic carbocycles. The first-order valence-corrected chi connectivity index (χ1v) is 7.09. The van der Waals surface area contributed by atoms with E-state index < -0.39 is 6.10 Å². The zero-order valence-corrected chi connectivity index (χ0v) is 12.4. The minimum Gasteiger partial charge on any atom is -0.496 e. The van der Waals surface area contributed by atoms with Crippen LogP contribution in [-0.2, 0) is 13.1 Å². The average Bonchev–Trinajstić information content (AvgIpc) is 2.94. The molecule has 1 aliphatic rings. The van der Waals surface area contributed by atoms with E-state index >= 15 is 0 Å². The van der Waals surface area contributed by atoms with Crippen LogP contribution < -0.4 is 4.74 Å². The third-order valence-corrected chi connectivity index (χ3v) is 3.89. The molecule has 0 spiro atoms. The van der Waals surface area contributed by atoms with Crippen LogP contribution in [0.5, 0.6) is 5.75 Å². The largest absolute Gasteiger partial charge is 0.496 e. The number of fused-ring (bicyclic) bond motifs is 1. The van der Waals surface area contributed by atoms with Crippen molar-refractivity contribution in [1.29, 1.82) is 0 Å². The van der Waals surface area contributed by atoms with E-state index in [9.17, 15) is 5.11 Å². The van der Waals surface area contributed by atoms with Gasteiger partial charge in [-0.05, 0) is 19.1 Å². The number of aryl methyl sites for hydroxylation is 1. The summed E-state index contributed by atoms with van der Waals surface area (Å²) >= 11 is 0. The summed E-state index contributed by atoms with van der Waals surface area (Å²) in [5, 5.41) is 18.6. The predicted molar refractivity (Wildman–Crippen MR) is 78.0 cm³/mol. The first-order valence-electron chi connectivity index (χ1n) is 7.09. The lowest BCUT2D eigenvalue weighted by Gasteiger charge is -2.29. The number of ether oxygens (including phenoxy) is 1. The minimum atomic E-state index is -0.575. The van der Waals surface area contributed by atoms with Crippen molar-refractivity contribution >= 4 is 0 Å². The van der Waals surface area contributed by atoms with Gasteiger partial charge in [0.1, 0.15) is 17.9 Å². The molecule has 3 rings (SSSR count). The summed E-state index contributed by atoms with van der Waals surface area (Å²) in [6, 6.07) is 5.87. The topological polar surface area (TPSA) is 63.4 Å². The molecule has 1 aliphatic heterocycles. The molecule has 21 heavy (non-hydrogen) atoms. The van der Waals surface area contributed by atoms with Gasteiger partial charge in [-0.25, -0.2) is 0 Å². The molecule has 1 N–H and O–H groups in total. The second-order valence-electron chi connectivity index (χ2n) is 5.44. The highest BCUT2D eigenvalue weighted by atomic mass is 16.5. The molecule has 1 aromatic heterocycles. The summed E-state index contributed by atoms with van der Waals surface area (Å²) in [5.41, 5.74) is 1.95. The Hall–Kier alpha value is -1.92. The maximum atomic E-state index is 10.5. The zero-order chi connectivity index (χ0) is 14.8. The van der Waals surface area contributed by atoms with Crippen LogP contribution in [0.3, 0.4) is 0 Å². The summed E-state index contributed by atoms with van der Waals surface area (Å²) < 4.78 is 7.40. The second kappa shape index (κ2) is 5.83. The lowest BCUT2D eigenvalue weighted by molar-refractivity contribution is 0.0943. The smallest absolute Gasteiger partial charge is 0.147 e. The number of hydrogen-bond acceptors (Lipinski definition) is 5. The van der Waals surface area contributed by atoms with Crippen molar-refractivity contribution in [3.05, 3.63) is 41.5 Å². The third kappa shape index (κ3) is 2.91. The zero-order valence-electron chi connectivity index (χ0n) is 12.4. The number of aromatic nitrogens is 3. The highest BCUT2D eigenvalue weighted by molar-refractivity contribution is 5.38. The molecule has 0 bridgehead atoms. The Morgan fingerprint density at radius 3 is 3.05 bits per heavy atom. The van der Waals surface area contributed by atoms with Crippen LogP contribution in [0.1, 0.15) is 23.1 Å². The van der Waals surface area contributed by atoms with Crippen LogP contribution in [0.15, 0.2) is 24.5 Å². The SMILES string of the molecule is COc1ccc(C)cc1C(O)CN1CCn2cnnc2C1.